The van der Waals surface area contributed by atoms with Crippen LogP contribution in [0.15, 0.2) is 48.5 Å². The van der Waals surface area contributed by atoms with Crippen LogP contribution >= 0.6 is 0 Å². The van der Waals surface area contributed by atoms with E-state index in [1.54, 1.807) is 31.4 Å². The van der Waals surface area contributed by atoms with E-state index in [1.807, 2.05) is 24.3 Å². The van der Waals surface area contributed by atoms with Gasteiger partial charge in [0.15, 0.2) is 0 Å². The zero-order valence-corrected chi connectivity index (χ0v) is 8.88. The molecule has 0 amide bonds. The van der Waals surface area contributed by atoms with Gasteiger partial charge in [-0.25, -0.2) is 0 Å². The van der Waals surface area contributed by atoms with Gasteiger partial charge in [0.2, 0.25) is 0 Å². The lowest BCUT2D eigenvalue weighted by atomic mass is 10.3. The summed E-state index contributed by atoms with van der Waals surface area (Å²) in [4.78, 5) is 0. The summed E-state index contributed by atoms with van der Waals surface area (Å²) in [5, 5.41) is 9.12. The van der Waals surface area contributed by atoms with E-state index in [0.29, 0.717) is 5.75 Å². The van der Waals surface area contributed by atoms with Crippen molar-refractivity contribution in [3.05, 3.63) is 48.5 Å². The smallest absolute Gasteiger partial charge is 0.127 e. The van der Waals surface area contributed by atoms with Gasteiger partial charge in [-0.15, -0.1) is 0 Å². The molecule has 2 rings (SSSR count). The Balaban J connectivity index is 2.11. The van der Waals surface area contributed by atoms with Crippen molar-refractivity contribution in [2.75, 3.05) is 7.11 Å². The molecule has 0 unspecified atom stereocenters. The molecular weight excluding hydrogens is 204 g/mol. The van der Waals surface area contributed by atoms with Crippen LogP contribution in [0, 0.1) is 0 Å². The van der Waals surface area contributed by atoms with Crippen LogP contribution in [0.4, 0.5) is 0 Å². The number of methoxy groups -OCH3 is 1. The van der Waals surface area contributed by atoms with E-state index in [-0.39, 0.29) is 5.75 Å². The highest BCUT2D eigenvalue weighted by Gasteiger charge is 1.97. The maximum atomic E-state index is 9.12. The molecule has 0 fully saturated rings. The molecule has 0 atom stereocenters. The van der Waals surface area contributed by atoms with Gasteiger partial charge < -0.3 is 14.6 Å². The Labute approximate surface area is 93.9 Å². The maximum absolute atomic E-state index is 9.12. The minimum absolute atomic E-state index is 0.224. The maximum Gasteiger partial charge on any atom is 0.127 e. The highest BCUT2D eigenvalue weighted by molar-refractivity contribution is 5.37. The van der Waals surface area contributed by atoms with E-state index in [1.165, 1.54) is 0 Å². The van der Waals surface area contributed by atoms with E-state index >= 15 is 0 Å². The number of benzene rings is 2. The zero-order valence-electron chi connectivity index (χ0n) is 8.88. The molecule has 0 saturated carbocycles. The number of hydrogen-bond acceptors (Lipinski definition) is 3. The van der Waals surface area contributed by atoms with Crippen molar-refractivity contribution in [2.24, 2.45) is 0 Å². The van der Waals surface area contributed by atoms with E-state index in [4.69, 9.17) is 14.6 Å². The van der Waals surface area contributed by atoms with Gasteiger partial charge in [0.05, 0.1) is 7.11 Å². The highest BCUT2D eigenvalue weighted by atomic mass is 16.5. The van der Waals surface area contributed by atoms with Crippen LogP contribution in [0.1, 0.15) is 0 Å². The molecule has 3 heteroatoms. The van der Waals surface area contributed by atoms with Gasteiger partial charge in [0, 0.05) is 0 Å². The topological polar surface area (TPSA) is 38.7 Å². The Kier molecular flexibility index (Phi) is 2.96. The van der Waals surface area contributed by atoms with E-state index in [2.05, 4.69) is 0 Å². The lowest BCUT2D eigenvalue weighted by Gasteiger charge is -2.06. The third-order valence-electron chi connectivity index (χ3n) is 2.13. The Morgan fingerprint density at radius 1 is 0.750 bits per heavy atom. The standard InChI is InChI=1S/C13H12O3/c1-15-11-6-8-13(9-7-11)16-12-4-2-10(14)3-5-12/h2-9,14H,1H3. The first-order chi connectivity index (χ1) is 7.78. The van der Waals surface area contributed by atoms with Gasteiger partial charge in [-0.05, 0) is 48.5 Å². The molecule has 0 aliphatic rings. The van der Waals surface area contributed by atoms with Crippen molar-refractivity contribution in [1.29, 1.82) is 0 Å². The van der Waals surface area contributed by atoms with Crippen LogP contribution in [-0.4, -0.2) is 12.2 Å². The summed E-state index contributed by atoms with van der Waals surface area (Å²) in [6.07, 6.45) is 0. The number of aromatic hydroxyl groups is 1. The first-order valence-corrected chi connectivity index (χ1v) is 4.89. The summed E-state index contributed by atoms with van der Waals surface area (Å²) in [5.41, 5.74) is 0. The summed E-state index contributed by atoms with van der Waals surface area (Å²) in [5.74, 6) is 2.43. The molecule has 0 aromatic heterocycles. The van der Waals surface area contributed by atoms with E-state index < -0.39 is 0 Å². The Bertz CT molecular complexity index is 446. The summed E-state index contributed by atoms with van der Waals surface area (Å²) in [7, 11) is 1.62. The van der Waals surface area contributed by atoms with Gasteiger partial charge in [-0.1, -0.05) is 0 Å². The molecule has 16 heavy (non-hydrogen) atoms. The summed E-state index contributed by atoms with van der Waals surface area (Å²) < 4.78 is 10.6. The Morgan fingerprint density at radius 3 is 1.69 bits per heavy atom. The SMILES string of the molecule is COc1ccc(Oc2ccc(O)cc2)cc1. The van der Waals surface area contributed by atoms with E-state index in [9.17, 15) is 0 Å². The molecule has 0 spiro atoms. The van der Waals surface area contributed by atoms with Gasteiger partial charge in [0.1, 0.15) is 23.0 Å². The van der Waals surface area contributed by atoms with Gasteiger partial charge in [-0.3, -0.25) is 0 Å². The van der Waals surface area contributed by atoms with Crippen molar-refractivity contribution in [3.8, 4) is 23.0 Å². The fraction of sp³-hybridized carbons (Fsp3) is 0.0769. The molecule has 2 aromatic rings. The third-order valence-corrected chi connectivity index (χ3v) is 2.13. The third kappa shape index (κ3) is 2.45. The fourth-order valence-corrected chi connectivity index (χ4v) is 1.29. The predicted molar refractivity (Wildman–Crippen MR) is 61.2 cm³/mol. The van der Waals surface area contributed by atoms with E-state index in [0.717, 1.165) is 11.5 Å². The first-order valence-electron chi connectivity index (χ1n) is 4.89. The quantitative estimate of drug-likeness (QED) is 0.856. The second-order valence-electron chi connectivity index (χ2n) is 3.27. The lowest BCUT2D eigenvalue weighted by molar-refractivity contribution is 0.412. The van der Waals surface area contributed by atoms with Gasteiger partial charge in [0.25, 0.3) is 0 Å². The monoisotopic (exact) mass is 216 g/mol. The van der Waals surface area contributed by atoms with Crippen LogP contribution in [0.25, 0.3) is 0 Å². The normalized spacial score (nSPS) is 9.81. The minimum atomic E-state index is 0.224. The molecule has 0 aliphatic carbocycles. The fourth-order valence-electron chi connectivity index (χ4n) is 1.29. The van der Waals surface area contributed by atoms with Crippen molar-refractivity contribution in [1.82, 2.24) is 0 Å². The summed E-state index contributed by atoms with van der Waals surface area (Å²) in [6.45, 7) is 0. The molecule has 0 bridgehead atoms. The molecular formula is C13H12O3. The lowest BCUT2D eigenvalue weighted by Crippen LogP contribution is -1.85. The van der Waals surface area contributed by atoms with Crippen molar-refractivity contribution in [2.45, 2.75) is 0 Å². The Morgan fingerprint density at radius 2 is 1.19 bits per heavy atom. The Hall–Kier alpha value is -2.16. The molecule has 82 valence electrons. The predicted octanol–water partition coefficient (Wildman–Crippen LogP) is 3.19. The summed E-state index contributed by atoms with van der Waals surface area (Å²) >= 11 is 0. The average Bonchev–Trinajstić information content (AvgIpc) is 2.33. The number of rotatable bonds is 3. The number of phenolic OH excluding ortho intramolecular Hbond substituents is 1. The first kappa shape index (κ1) is 10.4. The second-order valence-corrected chi connectivity index (χ2v) is 3.27. The average molecular weight is 216 g/mol. The molecule has 2 aromatic carbocycles. The molecule has 1 N–H and O–H groups in total. The zero-order chi connectivity index (χ0) is 11.4. The second kappa shape index (κ2) is 4.57. The van der Waals surface area contributed by atoms with Crippen LogP contribution in [0.2, 0.25) is 0 Å². The molecule has 0 aliphatic heterocycles. The molecule has 3 nitrogen and oxygen atoms in total. The number of phenols is 1. The van der Waals surface area contributed by atoms with Crippen molar-refractivity contribution >= 4 is 0 Å². The highest BCUT2D eigenvalue weighted by Crippen LogP contribution is 2.24. The van der Waals surface area contributed by atoms with Crippen molar-refractivity contribution in [3.63, 3.8) is 0 Å². The largest absolute Gasteiger partial charge is 0.508 e. The summed E-state index contributed by atoms with van der Waals surface area (Å²) in [6, 6.07) is 13.9. The van der Waals surface area contributed by atoms with Gasteiger partial charge in [-0.2, -0.15) is 0 Å². The van der Waals surface area contributed by atoms with Gasteiger partial charge >= 0.3 is 0 Å². The van der Waals surface area contributed by atoms with Crippen LogP contribution in [0.5, 0.6) is 23.0 Å². The van der Waals surface area contributed by atoms with Crippen LogP contribution in [-0.2, 0) is 0 Å². The molecule has 0 heterocycles. The van der Waals surface area contributed by atoms with Crippen LogP contribution in [0.3, 0.4) is 0 Å². The van der Waals surface area contributed by atoms with Crippen molar-refractivity contribution < 1.29 is 14.6 Å². The number of hydrogen-bond donors (Lipinski definition) is 1. The molecule has 0 radical (unpaired) electrons. The number of ether oxygens (including phenoxy) is 2. The molecule has 0 saturated heterocycles. The van der Waals surface area contributed by atoms with Crippen LogP contribution < -0.4 is 9.47 Å². The minimum Gasteiger partial charge on any atom is -0.508 e.